The van der Waals surface area contributed by atoms with Crippen LogP contribution in [0.15, 0.2) is 29.2 Å². The van der Waals surface area contributed by atoms with E-state index in [1.165, 1.54) is 31.3 Å². The molecule has 1 aromatic rings. The summed E-state index contributed by atoms with van der Waals surface area (Å²) in [6, 6.07) is 3.66. The van der Waals surface area contributed by atoms with Crippen molar-refractivity contribution in [3.63, 3.8) is 0 Å². The standard InChI is InChI=1S/C13H14N2O5S/c1-3-4-11(13(17)18)15-21(19,20)10-7-5-9(6-8-10)12(16)14-2/h1,5-8,11,15H,4H2,2H3,(H,14,16)(H,17,18). The van der Waals surface area contributed by atoms with Crippen LogP contribution in [0.5, 0.6) is 0 Å². The van der Waals surface area contributed by atoms with Gasteiger partial charge in [0.1, 0.15) is 6.04 Å². The molecule has 0 fully saturated rings. The summed E-state index contributed by atoms with van der Waals surface area (Å²) < 4.78 is 26.1. The molecule has 0 bridgehead atoms. The van der Waals surface area contributed by atoms with Crippen LogP contribution in [0.25, 0.3) is 0 Å². The summed E-state index contributed by atoms with van der Waals surface area (Å²) in [5.74, 6) is 0.373. The molecule has 1 rings (SSSR count). The number of nitrogens with one attached hydrogen (secondary N) is 2. The SMILES string of the molecule is C#CCC(NS(=O)(=O)c1ccc(C(=O)NC)cc1)C(=O)O. The maximum absolute atomic E-state index is 12.0. The third-order valence-corrected chi connectivity index (χ3v) is 4.06. The largest absolute Gasteiger partial charge is 0.480 e. The first-order chi connectivity index (χ1) is 9.81. The van der Waals surface area contributed by atoms with Gasteiger partial charge in [0.05, 0.1) is 4.90 Å². The van der Waals surface area contributed by atoms with Crippen LogP contribution >= 0.6 is 0 Å². The lowest BCUT2D eigenvalue weighted by molar-refractivity contribution is -0.138. The molecule has 0 radical (unpaired) electrons. The average Bonchev–Trinajstić information content (AvgIpc) is 2.45. The van der Waals surface area contributed by atoms with E-state index in [0.717, 1.165) is 0 Å². The molecular formula is C13H14N2O5S. The molecule has 1 amide bonds. The molecule has 21 heavy (non-hydrogen) atoms. The number of sulfonamides is 1. The van der Waals surface area contributed by atoms with E-state index in [2.05, 4.69) is 11.2 Å². The van der Waals surface area contributed by atoms with Crippen molar-refractivity contribution in [1.82, 2.24) is 10.0 Å². The first-order valence-corrected chi connectivity index (χ1v) is 7.31. The van der Waals surface area contributed by atoms with Gasteiger partial charge < -0.3 is 10.4 Å². The monoisotopic (exact) mass is 310 g/mol. The third-order valence-electron chi connectivity index (χ3n) is 2.57. The van der Waals surface area contributed by atoms with Crippen molar-refractivity contribution >= 4 is 21.9 Å². The molecule has 112 valence electrons. The lowest BCUT2D eigenvalue weighted by Crippen LogP contribution is -2.40. The van der Waals surface area contributed by atoms with Gasteiger partial charge >= 0.3 is 5.97 Å². The summed E-state index contributed by atoms with van der Waals surface area (Å²) in [7, 11) is -2.58. The Morgan fingerprint density at radius 1 is 1.33 bits per heavy atom. The quantitative estimate of drug-likeness (QED) is 0.630. The Labute approximate surface area is 122 Å². The summed E-state index contributed by atoms with van der Waals surface area (Å²) in [5.41, 5.74) is 0.287. The number of terminal acetylenes is 1. The molecule has 8 heteroatoms. The minimum Gasteiger partial charge on any atom is -0.480 e. The van der Waals surface area contributed by atoms with Crippen LogP contribution in [-0.4, -0.2) is 38.5 Å². The van der Waals surface area contributed by atoms with E-state index in [-0.39, 0.29) is 22.8 Å². The molecule has 0 saturated heterocycles. The first kappa shape index (κ1) is 16.7. The van der Waals surface area contributed by atoms with Crippen LogP contribution in [0, 0.1) is 12.3 Å². The van der Waals surface area contributed by atoms with Gasteiger partial charge in [0, 0.05) is 19.0 Å². The molecular weight excluding hydrogens is 296 g/mol. The summed E-state index contributed by atoms with van der Waals surface area (Å²) in [6.45, 7) is 0. The predicted molar refractivity (Wildman–Crippen MR) is 75.0 cm³/mol. The Morgan fingerprint density at radius 2 is 1.90 bits per heavy atom. The first-order valence-electron chi connectivity index (χ1n) is 5.82. The number of hydrogen-bond acceptors (Lipinski definition) is 4. The fourth-order valence-electron chi connectivity index (χ4n) is 1.48. The number of carboxylic acids is 1. The highest BCUT2D eigenvalue weighted by Gasteiger charge is 2.24. The zero-order valence-electron chi connectivity index (χ0n) is 11.2. The fourth-order valence-corrected chi connectivity index (χ4v) is 2.67. The molecule has 0 aliphatic carbocycles. The smallest absolute Gasteiger partial charge is 0.322 e. The van der Waals surface area contributed by atoms with Crippen LogP contribution in [0.4, 0.5) is 0 Å². The van der Waals surface area contributed by atoms with Gasteiger partial charge in [-0.05, 0) is 24.3 Å². The number of aliphatic carboxylic acids is 1. The predicted octanol–water partition coefficient (Wildman–Crippen LogP) is -0.199. The molecule has 0 saturated carbocycles. The number of rotatable bonds is 6. The van der Waals surface area contributed by atoms with Crippen LogP contribution in [0.2, 0.25) is 0 Å². The molecule has 0 aromatic heterocycles. The zero-order chi connectivity index (χ0) is 16.0. The topological polar surface area (TPSA) is 113 Å². The van der Waals surface area contributed by atoms with Crippen LogP contribution < -0.4 is 10.0 Å². The van der Waals surface area contributed by atoms with Crippen molar-refractivity contribution in [2.45, 2.75) is 17.4 Å². The summed E-state index contributed by atoms with van der Waals surface area (Å²) in [5, 5.41) is 11.3. The van der Waals surface area contributed by atoms with E-state index in [9.17, 15) is 18.0 Å². The minimum absolute atomic E-state index is 0.154. The molecule has 3 N–H and O–H groups in total. The number of hydrogen-bond donors (Lipinski definition) is 3. The van der Waals surface area contributed by atoms with Crippen LogP contribution in [0.3, 0.4) is 0 Å². The summed E-state index contributed by atoms with van der Waals surface area (Å²) in [4.78, 5) is 22.1. The van der Waals surface area contributed by atoms with Gasteiger partial charge in [-0.2, -0.15) is 4.72 Å². The number of carbonyl (C=O) groups excluding carboxylic acids is 1. The van der Waals surface area contributed by atoms with Crippen molar-refractivity contribution in [2.24, 2.45) is 0 Å². The Morgan fingerprint density at radius 3 is 2.33 bits per heavy atom. The van der Waals surface area contributed by atoms with E-state index in [1.807, 2.05) is 4.72 Å². The van der Waals surface area contributed by atoms with E-state index >= 15 is 0 Å². The van der Waals surface area contributed by atoms with Gasteiger partial charge in [-0.1, -0.05) is 0 Å². The van der Waals surface area contributed by atoms with E-state index in [4.69, 9.17) is 11.5 Å². The molecule has 0 aliphatic heterocycles. The Bertz CT molecular complexity index is 674. The number of benzene rings is 1. The molecule has 0 aliphatic rings. The molecule has 1 aromatic carbocycles. The highest BCUT2D eigenvalue weighted by atomic mass is 32.2. The van der Waals surface area contributed by atoms with Crippen LogP contribution in [-0.2, 0) is 14.8 Å². The minimum atomic E-state index is -4.03. The average molecular weight is 310 g/mol. The molecule has 7 nitrogen and oxygen atoms in total. The van der Waals surface area contributed by atoms with Gasteiger partial charge in [-0.3, -0.25) is 9.59 Å². The maximum Gasteiger partial charge on any atom is 0.322 e. The Kier molecular flexibility index (Phi) is 5.46. The van der Waals surface area contributed by atoms with Gasteiger partial charge in [0.2, 0.25) is 10.0 Å². The Balaban J connectivity index is 3.00. The van der Waals surface area contributed by atoms with E-state index in [0.29, 0.717) is 0 Å². The normalized spacial score (nSPS) is 12.2. The lowest BCUT2D eigenvalue weighted by Gasteiger charge is -2.12. The zero-order valence-corrected chi connectivity index (χ0v) is 12.0. The second-order valence-corrected chi connectivity index (χ2v) is 5.74. The van der Waals surface area contributed by atoms with Gasteiger partial charge in [0.25, 0.3) is 5.91 Å². The van der Waals surface area contributed by atoms with Crippen molar-refractivity contribution in [2.75, 3.05) is 7.05 Å². The van der Waals surface area contributed by atoms with Crippen molar-refractivity contribution in [3.05, 3.63) is 29.8 Å². The highest BCUT2D eigenvalue weighted by molar-refractivity contribution is 7.89. The van der Waals surface area contributed by atoms with Crippen molar-refractivity contribution < 1.29 is 23.1 Å². The van der Waals surface area contributed by atoms with Gasteiger partial charge in [0.15, 0.2) is 0 Å². The van der Waals surface area contributed by atoms with E-state index in [1.54, 1.807) is 0 Å². The molecule has 1 atom stereocenters. The lowest BCUT2D eigenvalue weighted by atomic mass is 10.2. The van der Waals surface area contributed by atoms with Crippen molar-refractivity contribution in [1.29, 1.82) is 0 Å². The fraction of sp³-hybridized carbons (Fsp3) is 0.231. The highest BCUT2D eigenvalue weighted by Crippen LogP contribution is 2.12. The second-order valence-electron chi connectivity index (χ2n) is 4.02. The maximum atomic E-state index is 12.0. The number of amides is 1. The third kappa shape index (κ3) is 4.30. The van der Waals surface area contributed by atoms with E-state index < -0.39 is 22.0 Å². The Hall–Kier alpha value is -2.37. The van der Waals surface area contributed by atoms with Gasteiger partial charge in [-0.25, -0.2) is 8.42 Å². The molecule has 1 unspecified atom stereocenters. The molecule has 0 heterocycles. The number of carbonyl (C=O) groups is 2. The number of carboxylic acid groups (broad SMARTS) is 1. The molecule has 0 spiro atoms. The summed E-state index contributed by atoms with van der Waals surface area (Å²) >= 11 is 0. The van der Waals surface area contributed by atoms with Gasteiger partial charge in [-0.15, -0.1) is 12.3 Å². The van der Waals surface area contributed by atoms with Crippen LogP contribution in [0.1, 0.15) is 16.8 Å². The van der Waals surface area contributed by atoms with Crippen molar-refractivity contribution in [3.8, 4) is 12.3 Å². The second kappa shape index (κ2) is 6.88. The summed E-state index contributed by atoms with van der Waals surface area (Å²) in [6.07, 6.45) is 4.73.